The third kappa shape index (κ3) is 4.82. The first-order valence-corrected chi connectivity index (χ1v) is 12.4. The van der Waals surface area contributed by atoms with E-state index in [0.717, 1.165) is 18.8 Å². The zero-order valence-corrected chi connectivity index (χ0v) is 21.3. The quantitative estimate of drug-likeness (QED) is 0.224. The van der Waals surface area contributed by atoms with Gasteiger partial charge in [-0.1, -0.05) is 23.7 Å². The van der Waals surface area contributed by atoms with Crippen molar-refractivity contribution in [2.45, 2.75) is 26.8 Å². The van der Waals surface area contributed by atoms with Crippen molar-refractivity contribution in [3.63, 3.8) is 0 Å². The summed E-state index contributed by atoms with van der Waals surface area (Å²) in [7, 11) is 0. The number of carbonyl (C=O) groups is 2. The Balaban J connectivity index is 1.85. The molecule has 0 saturated carbocycles. The summed E-state index contributed by atoms with van der Waals surface area (Å²) in [6.45, 7) is 8.29. The zero-order valence-electron chi connectivity index (χ0n) is 20.6. The van der Waals surface area contributed by atoms with Gasteiger partial charge in [-0.05, 0) is 87.0 Å². The van der Waals surface area contributed by atoms with Crippen molar-refractivity contribution in [2.24, 2.45) is 0 Å². The van der Waals surface area contributed by atoms with Crippen LogP contribution in [0, 0.1) is 0 Å². The lowest BCUT2D eigenvalue weighted by Crippen LogP contribution is -2.29. The van der Waals surface area contributed by atoms with Gasteiger partial charge in [0.25, 0.3) is 11.7 Å². The molecule has 1 N–H and O–H groups in total. The van der Waals surface area contributed by atoms with E-state index >= 15 is 0 Å². The molecule has 3 aromatic rings. The average Bonchev–Trinajstić information content (AvgIpc) is 3.16. The molecule has 1 saturated heterocycles. The molecule has 1 fully saturated rings. The molecule has 4 rings (SSSR count). The third-order valence-corrected chi connectivity index (χ3v) is 6.58. The number of benzene rings is 3. The molecule has 6 nitrogen and oxygen atoms in total. The van der Waals surface area contributed by atoms with Crippen molar-refractivity contribution in [1.82, 2.24) is 0 Å². The molecule has 0 spiro atoms. The Kier molecular flexibility index (Phi) is 7.65. The fourth-order valence-electron chi connectivity index (χ4n) is 4.50. The van der Waals surface area contributed by atoms with Crippen LogP contribution in [-0.4, -0.2) is 36.5 Å². The molecular weight excluding hydrogens is 476 g/mol. The van der Waals surface area contributed by atoms with Crippen LogP contribution in [0.4, 0.5) is 11.4 Å². The number of nitrogens with zero attached hydrogens (tertiary/aromatic N) is 2. The van der Waals surface area contributed by atoms with Gasteiger partial charge in [0, 0.05) is 35.1 Å². The molecule has 0 aromatic heterocycles. The van der Waals surface area contributed by atoms with Crippen LogP contribution in [0.15, 0.2) is 78.4 Å². The first-order chi connectivity index (χ1) is 17.4. The molecule has 3 aromatic carbocycles. The number of ether oxygens (including phenoxy) is 1. The summed E-state index contributed by atoms with van der Waals surface area (Å²) in [6, 6.07) is 20.5. The van der Waals surface area contributed by atoms with Crippen molar-refractivity contribution in [3.8, 4) is 5.75 Å². The number of rotatable bonds is 8. The average molecular weight is 505 g/mol. The summed E-state index contributed by atoms with van der Waals surface area (Å²) in [5.41, 5.74) is 2.74. The molecule has 7 heteroatoms. The van der Waals surface area contributed by atoms with Crippen LogP contribution in [0.5, 0.6) is 5.75 Å². The van der Waals surface area contributed by atoms with Crippen LogP contribution in [0.2, 0.25) is 5.02 Å². The Morgan fingerprint density at radius 1 is 0.917 bits per heavy atom. The summed E-state index contributed by atoms with van der Waals surface area (Å²) < 4.78 is 5.49. The molecule has 186 valence electrons. The van der Waals surface area contributed by atoms with Gasteiger partial charge in [-0.15, -0.1) is 0 Å². The molecule has 1 aliphatic rings. The minimum atomic E-state index is -0.802. The normalized spacial score (nSPS) is 16.9. The first-order valence-electron chi connectivity index (χ1n) is 12.0. The van der Waals surface area contributed by atoms with Crippen LogP contribution in [0.1, 0.15) is 37.9 Å². The van der Waals surface area contributed by atoms with Crippen LogP contribution < -0.4 is 14.5 Å². The lowest BCUT2D eigenvalue weighted by molar-refractivity contribution is -0.132. The lowest BCUT2D eigenvalue weighted by Gasteiger charge is -2.27. The minimum absolute atomic E-state index is 0.0368. The van der Waals surface area contributed by atoms with Crippen LogP contribution in [0.25, 0.3) is 5.76 Å². The zero-order chi connectivity index (χ0) is 25.8. The van der Waals surface area contributed by atoms with E-state index in [4.69, 9.17) is 16.3 Å². The summed E-state index contributed by atoms with van der Waals surface area (Å²) >= 11 is 6.07. The SMILES string of the molecule is CCOc1ccc(/C(O)=C2/C(=O)C(=O)N(c3ccc(Cl)cc3)C2c2ccc(N(CC)CC)cc2)cc1. The van der Waals surface area contributed by atoms with Gasteiger partial charge < -0.3 is 14.7 Å². The largest absolute Gasteiger partial charge is 0.507 e. The number of aliphatic hydroxyl groups is 1. The van der Waals surface area contributed by atoms with Gasteiger partial charge in [-0.25, -0.2) is 0 Å². The smallest absolute Gasteiger partial charge is 0.300 e. The van der Waals surface area contributed by atoms with Crippen molar-refractivity contribution in [1.29, 1.82) is 0 Å². The lowest BCUT2D eigenvalue weighted by atomic mass is 9.95. The Hall–Kier alpha value is -3.77. The second-order valence-corrected chi connectivity index (χ2v) is 8.80. The van der Waals surface area contributed by atoms with Gasteiger partial charge in [-0.3, -0.25) is 14.5 Å². The Morgan fingerprint density at radius 2 is 1.53 bits per heavy atom. The van der Waals surface area contributed by atoms with E-state index in [9.17, 15) is 14.7 Å². The topological polar surface area (TPSA) is 70.1 Å². The van der Waals surface area contributed by atoms with Crippen molar-refractivity contribution < 1.29 is 19.4 Å². The molecule has 0 radical (unpaired) electrons. The van der Waals surface area contributed by atoms with Gasteiger partial charge >= 0.3 is 0 Å². The summed E-state index contributed by atoms with van der Waals surface area (Å²) in [4.78, 5) is 30.3. The number of anilines is 2. The first kappa shape index (κ1) is 25.3. The molecule has 36 heavy (non-hydrogen) atoms. The third-order valence-electron chi connectivity index (χ3n) is 6.33. The number of Topliss-reactive ketones (excluding diaryl/α,β-unsaturated/α-hetero) is 1. The standard InChI is InChI=1S/C29H29ClN2O4/c1-4-31(5-2)22-13-7-19(8-14-22)26-25(27(33)20-9-17-24(18-10-20)36-6-3)28(34)29(35)32(26)23-15-11-21(30)12-16-23/h7-18,26,33H,4-6H2,1-3H3/b27-25-. The minimum Gasteiger partial charge on any atom is -0.507 e. The highest BCUT2D eigenvalue weighted by Crippen LogP contribution is 2.42. The van der Waals surface area contributed by atoms with Gasteiger partial charge in [0.15, 0.2) is 0 Å². The van der Waals surface area contributed by atoms with Crippen molar-refractivity contribution in [3.05, 3.63) is 94.5 Å². The number of hydrogen-bond donors (Lipinski definition) is 1. The van der Waals surface area contributed by atoms with E-state index in [1.807, 2.05) is 31.2 Å². The number of ketones is 1. The van der Waals surface area contributed by atoms with Gasteiger partial charge in [0.1, 0.15) is 11.5 Å². The fourth-order valence-corrected chi connectivity index (χ4v) is 4.63. The predicted molar refractivity (Wildman–Crippen MR) is 144 cm³/mol. The van der Waals surface area contributed by atoms with E-state index in [0.29, 0.717) is 34.2 Å². The molecule has 1 amide bonds. The molecule has 0 bridgehead atoms. The Morgan fingerprint density at radius 3 is 2.08 bits per heavy atom. The van der Waals surface area contributed by atoms with Crippen molar-refractivity contribution >= 4 is 40.4 Å². The number of hydrogen-bond acceptors (Lipinski definition) is 5. The maximum absolute atomic E-state index is 13.3. The summed E-state index contributed by atoms with van der Waals surface area (Å²) in [6.07, 6.45) is 0. The van der Waals surface area contributed by atoms with E-state index in [1.165, 1.54) is 4.90 Å². The van der Waals surface area contributed by atoms with Crippen LogP contribution in [-0.2, 0) is 9.59 Å². The van der Waals surface area contributed by atoms with Crippen LogP contribution in [0.3, 0.4) is 0 Å². The second kappa shape index (κ2) is 10.9. The van der Waals surface area contributed by atoms with Gasteiger partial charge in [0.2, 0.25) is 0 Å². The summed E-state index contributed by atoms with van der Waals surface area (Å²) in [5.74, 6) is -1.03. The van der Waals surface area contributed by atoms with E-state index < -0.39 is 17.7 Å². The monoisotopic (exact) mass is 504 g/mol. The Bertz CT molecular complexity index is 1260. The molecule has 0 aliphatic carbocycles. The number of halogens is 1. The number of amides is 1. The molecule has 1 atom stereocenters. The van der Waals surface area contributed by atoms with Gasteiger partial charge in [0.05, 0.1) is 18.2 Å². The molecule has 1 heterocycles. The maximum atomic E-state index is 13.3. The fraction of sp³-hybridized carbons (Fsp3) is 0.241. The molecular formula is C29H29ClN2O4. The molecule has 1 unspecified atom stereocenters. The van der Waals surface area contributed by atoms with E-state index in [2.05, 4.69) is 18.7 Å². The van der Waals surface area contributed by atoms with E-state index in [1.54, 1.807) is 48.5 Å². The highest BCUT2D eigenvalue weighted by Gasteiger charge is 2.47. The highest BCUT2D eigenvalue weighted by atomic mass is 35.5. The number of carbonyl (C=O) groups excluding carboxylic acids is 2. The van der Waals surface area contributed by atoms with E-state index in [-0.39, 0.29) is 11.3 Å². The van der Waals surface area contributed by atoms with Gasteiger partial charge in [-0.2, -0.15) is 0 Å². The molecule has 1 aliphatic heterocycles. The summed E-state index contributed by atoms with van der Waals surface area (Å²) in [5, 5.41) is 11.8. The van der Waals surface area contributed by atoms with Crippen molar-refractivity contribution in [2.75, 3.05) is 29.5 Å². The second-order valence-electron chi connectivity index (χ2n) is 8.37. The predicted octanol–water partition coefficient (Wildman–Crippen LogP) is 6.21. The maximum Gasteiger partial charge on any atom is 0.300 e. The Labute approximate surface area is 216 Å². The highest BCUT2D eigenvalue weighted by molar-refractivity contribution is 6.51. The number of aliphatic hydroxyl groups excluding tert-OH is 1. The van der Waals surface area contributed by atoms with Crippen LogP contribution >= 0.6 is 11.6 Å².